The molecular formula is C33H31Cl2N5O2. The van der Waals surface area contributed by atoms with Crippen LogP contribution in [0.1, 0.15) is 22.3 Å². The maximum Gasteiger partial charge on any atom is 0.252 e. The number of piperazine rings is 1. The van der Waals surface area contributed by atoms with Crippen LogP contribution in [0.4, 0.5) is 11.5 Å². The van der Waals surface area contributed by atoms with Gasteiger partial charge in [-0.25, -0.2) is 4.98 Å². The summed E-state index contributed by atoms with van der Waals surface area (Å²) in [7, 11) is 1.64. The van der Waals surface area contributed by atoms with Crippen molar-refractivity contribution < 1.29 is 9.53 Å². The van der Waals surface area contributed by atoms with Crippen LogP contribution < -0.4 is 19.9 Å². The number of pyridine rings is 1. The molecule has 2 aliphatic rings. The number of carbonyl (C=O) groups excluding carboxylic acids is 1. The van der Waals surface area contributed by atoms with Crippen molar-refractivity contribution in [2.75, 3.05) is 43.1 Å². The van der Waals surface area contributed by atoms with Crippen molar-refractivity contribution >= 4 is 46.3 Å². The number of ether oxygens (including phenoxy) is 1. The van der Waals surface area contributed by atoms with E-state index in [2.05, 4.69) is 21.3 Å². The SMILES string of the molecule is COc1ccc(CN2C(=O)C(Cc3ccccc3Cl)N=C(c3ccnc(N4CCNCC4)c3)c3cc(Cl)ccc32)cc1. The van der Waals surface area contributed by atoms with Gasteiger partial charge in [0.2, 0.25) is 0 Å². The average molecular weight is 601 g/mol. The highest BCUT2D eigenvalue weighted by atomic mass is 35.5. The van der Waals surface area contributed by atoms with Crippen molar-refractivity contribution in [3.63, 3.8) is 0 Å². The number of nitrogens with one attached hydrogen (secondary N) is 1. The molecule has 1 aromatic heterocycles. The second-order valence-corrected chi connectivity index (χ2v) is 11.2. The minimum absolute atomic E-state index is 0.110. The molecule has 214 valence electrons. The molecule has 0 aliphatic carbocycles. The summed E-state index contributed by atoms with van der Waals surface area (Å²) in [6.45, 7) is 3.91. The van der Waals surface area contributed by atoms with Crippen LogP contribution in [0.3, 0.4) is 0 Å². The first-order valence-corrected chi connectivity index (χ1v) is 14.7. The lowest BCUT2D eigenvalue weighted by molar-refractivity contribution is -0.119. The first kappa shape index (κ1) is 28.2. The highest BCUT2D eigenvalue weighted by molar-refractivity contribution is 6.32. The molecule has 2 aliphatic heterocycles. The zero-order valence-corrected chi connectivity index (χ0v) is 24.8. The molecule has 1 atom stereocenters. The Kier molecular flexibility index (Phi) is 8.42. The number of anilines is 2. The summed E-state index contributed by atoms with van der Waals surface area (Å²) in [6.07, 6.45) is 2.17. The van der Waals surface area contributed by atoms with Crippen molar-refractivity contribution in [2.45, 2.75) is 19.0 Å². The van der Waals surface area contributed by atoms with E-state index in [0.29, 0.717) is 28.7 Å². The Bertz CT molecular complexity index is 1620. The van der Waals surface area contributed by atoms with Gasteiger partial charge >= 0.3 is 0 Å². The Morgan fingerprint density at radius 2 is 1.76 bits per heavy atom. The van der Waals surface area contributed by atoms with Crippen LogP contribution in [-0.4, -0.2) is 55.9 Å². The highest BCUT2D eigenvalue weighted by Gasteiger charge is 2.33. The number of rotatable bonds is 7. The molecule has 1 unspecified atom stereocenters. The second-order valence-electron chi connectivity index (χ2n) is 10.4. The maximum absolute atomic E-state index is 14.4. The molecule has 1 saturated heterocycles. The number of hydrogen-bond acceptors (Lipinski definition) is 6. The van der Waals surface area contributed by atoms with Crippen LogP contribution in [0.2, 0.25) is 10.0 Å². The van der Waals surface area contributed by atoms with Gasteiger partial charge in [0, 0.05) is 60.0 Å². The number of aromatic nitrogens is 1. The van der Waals surface area contributed by atoms with E-state index in [1.54, 1.807) is 7.11 Å². The smallest absolute Gasteiger partial charge is 0.252 e. The predicted octanol–water partition coefficient (Wildman–Crippen LogP) is 5.80. The maximum atomic E-state index is 14.4. The normalized spacial score (nSPS) is 17.0. The van der Waals surface area contributed by atoms with Crippen molar-refractivity contribution in [1.82, 2.24) is 10.3 Å². The van der Waals surface area contributed by atoms with Crippen LogP contribution in [0.15, 0.2) is 90.1 Å². The quantitative estimate of drug-likeness (QED) is 0.291. The molecule has 42 heavy (non-hydrogen) atoms. The van der Waals surface area contributed by atoms with Crippen molar-refractivity contribution in [1.29, 1.82) is 0 Å². The van der Waals surface area contributed by atoms with Gasteiger partial charge in [-0.1, -0.05) is 53.5 Å². The number of benzodiazepines with no additional fused rings is 1. The van der Waals surface area contributed by atoms with Gasteiger partial charge in [0.15, 0.2) is 0 Å². The summed E-state index contributed by atoms with van der Waals surface area (Å²) in [6, 6.07) is 24.3. The highest BCUT2D eigenvalue weighted by Crippen LogP contribution is 2.34. The number of benzene rings is 3. The Morgan fingerprint density at radius 1 is 0.976 bits per heavy atom. The predicted molar refractivity (Wildman–Crippen MR) is 170 cm³/mol. The molecule has 0 bridgehead atoms. The third kappa shape index (κ3) is 6.00. The van der Waals surface area contributed by atoms with Crippen LogP contribution in [0, 0.1) is 0 Å². The van der Waals surface area contributed by atoms with Crippen LogP contribution in [0.25, 0.3) is 0 Å². The van der Waals surface area contributed by atoms with E-state index in [-0.39, 0.29) is 5.91 Å². The lowest BCUT2D eigenvalue weighted by Crippen LogP contribution is -2.43. The van der Waals surface area contributed by atoms with Gasteiger partial charge in [-0.2, -0.15) is 0 Å². The zero-order chi connectivity index (χ0) is 29.1. The monoisotopic (exact) mass is 599 g/mol. The number of hydrogen-bond donors (Lipinski definition) is 1. The molecule has 3 heterocycles. The number of nitrogens with zero attached hydrogens (tertiary/aromatic N) is 4. The van der Waals surface area contributed by atoms with Crippen molar-refractivity contribution in [2.24, 2.45) is 4.99 Å². The first-order chi connectivity index (χ1) is 20.5. The molecule has 1 amide bonds. The van der Waals surface area contributed by atoms with Gasteiger partial charge in [0.25, 0.3) is 5.91 Å². The minimum atomic E-state index is -0.708. The number of carbonyl (C=O) groups is 1. The van der Waals surface area contributed by atoms with Gasteiger partial charge in [0.05, 0.1) is 25.1 Å². The van der Waals surface area contributed by atoms with E-state index in [1.807, 2.05) is 83.9 Å². The minimum Gasteiger partial charge on any atom is -0.497 e. The number of methoxy groups -OCH3 is 1. The molecule has 0 spiro atoms. The lowest BCUT2D eigenvalue weighted by Gasteiger charge is -2.28. The molecule has 7 nitrogen and oxygen atoms in total. The third-order valence-electron chi connectivity index (χ3n) is 7.67. The Labute approximate surface area is 255 Å². The zero-order valence-electron chi connectivity index (χ0n) is 23.3. The Morgan fingerprint density at radius 3 is 2.52 bits per heavy atom. The third-order valence-corrected chi connectivity index (χ3v) is 8.28. The fourth-order valence-corrected chi connectivity index (χ4v) is 5.84. The first-order valence-electron chi connectivity index (χ1n) is 14.0. The van der Waals surface area contributed by atoms with Gasteiger partial charge in [-0.05, 0) is 59.7 Å². The van der Waals surface area contributed by atoms with Crippen molar-refractivity contribution in [3.05, 3.63) is 117 Å². The summed E-state index contributed by atoms with van der Waals surface area (Å²) in [5.41, 5.74) is 4.96. The number of halogens is 2. The van der Waals surface area contributed by atoms with E-state index in [4.69, 9.17) is 32.9 Å². The van der Waals surface area contributed by atoms with Gasteiger partial charge < -0.3 is 19.9 Å². The summed E-state index contributed by atoms with van der Waals surface area (Å²) < 4.78 is 5.34. The van der Waals surface area contributed by atoms with Crippen molar-refractivity contribution in [3.8, 4) is 5.75 Å². The molecule has 3 aromatic carbocycles. The number of aliphatic imine (C=N–C) groups is 1. The molecule has 6 rings (SSSR count). The summed E-state index contributed by atoms with van der Waals surface area (Å²) in [4.78, 5) is 28.3. The molecule has 1 N–H and O–H groups in total. The number of fused-ring (bicyclic) bond motifs is 1. The largest absolute Gasteiger partial charge is 0.497 e. The fourth-order valence-electron chi connectivity index (χ4n) is 5.46. The van der Waals surface area contributed by atoms with E-state index in [0.717, 1.165) is 65.7 Å². The van der Waals surface area contributed by atoms with E-state index in [1.165, 1.54) is 0 Å². The average Bonchev–Trinajstić information content (AvgIpc) is 3.13. The molecule has 4 aromatic rings. The molecular weight excluding hydrogens is 569 g/mol. The topological polar surface area (TPSA) is 70.1 Å². The standard InChI is InChI=1S/C33H31Cl2N5O2/c1-42-26-9-6-22(7-10-26)21-40-30-11-8-25(34)20-27(30)32(24-12-13-37-31(19-24)39-16-14-36-15-17-39)38-29(33(40)41)18-23-4-2-3-5-28(23)35/h2-13,19-20,29,36H,14-18,21H2,1H3. The molecule has 0 saturated carbocycles. The second kappa shape index (κ2) is 12.5. The molecule has 1 fully saturated rings. The number of amides is 1. The van der Waals surface area contributed by atoms with Gasteiger partial charge in [-0.15, -0.1) is 0 Å². The van der Waals surface area contributed by atoms with E-state index < -0.39 is 6.04 Å². The van der Waals surface area contributed by atoms with Gasteiger partial charge in [0.1, 0.15) is 17.6 Å². The van der Waals surface area contributed by atoms with Gasteiger partial charge in [-0.3, -0.25) is 9.79 Å². The molecule has 0 radical (unpaired) electrons. The molecule has 9 heteroatoms. The van der Waals surface area contributed by atoms with Crippen LogP contribution >= 0.6 is 23.2 Å². The lowest BCUT2D eigenvalue weighted by atomic mass is 10.00. The Balaban J connectivity index is 1.48. The summed E-state index contributed by atoms with van der Waals surface area (Å²) in [5.74, 6) is 1.53. The summed E-state index contributed by atoms with van der Waals surface area (Å²) in [5, 5.41) is 4.57. The van der Waals surface area contributed by atoms with E-state index in [9.17, 15) is 4.79 Å². The van der Waals surface area contributed by atoms with E-state index >= 15 is 0 Å². The fraction of sp³-hybridized carbons (Fsp3) is 0.242. The van der Waals surface area contributed by atoms with Crippen LogP contribution in [-0.2, 0) is 17.8 Å². The summed E-state index contributed by atoms with van der Waals surface area (Å²) >= 11 is 13.2. The van der Waals surface area contributed by atoms with Crippen LogP contribution in [0.5, 0.6) is 5.75 Å². The Hall–Kier alpha value is -3.91.